The molecule has 0 unspecified atom stereocenters. The molecule has 0 heterocycles. The van der Waals surface area contributed by atoms with E-state index in [1.165, 1.54) is 16.7 Å². The summed E-state index contributed by atoms with van der Waals surface area (Å²) in [6.45, 7) is 6.67. The van der Waals surface area contributed by atoms with Gasteiger partial charge in [-0.2, -0.15) is 0 Å². The SMILES string of the molecule is CCc1cc[c]([Ga]([c]2ccc(CC)cc2)[c]2ccc(CC)cc2)cc1. The summed E-state index contributed by atoms with van der Waals surface area (Å²) in [6.07, 6.45) is 3.32. The molecule has 3 aromatic rings. The molecule has 0 spiro atoms. The van der Waals surface area contributed by atoms with Crippen LogP contribution in [0.2, 0.25) is 0 Å². The van der Waals surface area contributed by atoms with Gasteiger partial charge in [0.05, 0.1) is 0 Å². The van der Waals surface area contributed by atoms with Crippen LogP contribution in [-0.2, 0) is 19.3 Å². The summed E-state index contributed by atoms with van der Waals surface area (Å²) >= 11 is -2.00. The third kappa shape index (κ3) is 4.29. The molecule has 0 nitrogen and oxygen atoms in total. The van der Waals surface area contributed by atoms with Crippen LogP contribution in [0.25, 0.3) is 0 Å². The third-order valence-electron chi connectivity index (χ3n) is 5.16. The van der Waals surface area contributed by atoms with E-state index < -0.39 is 16.2 Å². The zero-order valence-corrected chi connectivity index (χ0v) is 18.0. The van der Waals surface area contributed by atoms with E-state index in [2.05, 4.69) is 93.6 Å². The first-order chi connectivity index (χ1) is 12.2. The van der Waals surface area contributed by atoms with Crippen molar-refractivity contribution in [1.29, 1.82) is 0 Å². The van der Waals surface area contributed by atoms with Crippen LogP contribution in [0.3, 0.4) is 0 Å². The van der Waals surface area contributed by atoms with Crippen LogP contribution >= 0.6 is 0 Å². The average Bonchev–Trinajstić information content (AvgIpc) is 2.70. The maximum atomic E-state index is 2.38. The molecule has 3 aromatic carbocycles. The molecule has 25 heavy (non-hydrogen) atoms. The Morgan fingerprint density at radius 2 is 0.680 bits per heavy atom. The Morgan fingerprint density at radius 1 is 0.440 bits per heavy atom. The second-order valence-corrected chi connectivity index (χ2v) is 12.7. The van der Waals surface area contributed by atoms with Crippen molar-refractivity contribution in [2.24, 2.45) is 0 Å². The Kier molecular flexibility index (Phi) is 6.22. The molecule has 3 rings (SSSR count). The first-order valence-electron chi connectivity index (χ1n) is 9.51. The van der Waals surface area contributed by atoms with Gasteiger partial charge in [-0.05, 0) is 0 Å². The van der Waals surface area contributed by atoms with E-state index in [0.717, 1.165) is 19.3 Å². The first-order valence-corrected chi connectivity index (χ1v) is 13.1. The summed E-state index contributed by atoms with van der Waals surface area (Å²) in [5.74, 6) is 0. The number of hydrogen-bond acceptors (Lipinski definition) is 0. The van der Waals surface area contributed by atoms with Crippen molar-refractivity contribution in [3.63, 3.8) is 0 Å². The molecular weight excluding hydrogens is 358 g/mol. The molecule has 0 bridgehead atoms. The Hall–Kier alpha value is -1.70. The Balaban J connectivity index is 2.04. The standard InChI is InChI=1S/3C8H9.Ga/c3*1-2-8-6-4-3-5-7-8;/h3*4-7H,2H2,1H3;. The van der Waals surface area contributed by atoms with E-state index in [0.29, 0.717) is 0 Å². The summed E-state index contributed by atoms with van der Waals surface area (Å²) in [6, 6.07) is 28.2. The third-order valence-corrected chi connectivity index (χ3v) is 11.8. The molecule has 0 saturated carbocycles. The fourth-order valence-electron chi connectivity index (χ4n) is 3.41. The fraction of sp³-hybridized carbons (Fsp3) is 0.250. The summed E-state index contributed by atoms with van der Waals surface area (Å²) < 4.78 is 4.66. The molecule has 0 aromatic heterocycles. The van der Waals surface area contributed by atoms with Crippen LogP contribution in [0.5, 0.6) is 0 Å². The second-order valence-electron chi connectivity index (χ2n) is 6.72. The Morgan fingerprint density at radius 3 is 0.880 bits per heavy atom. The molecule has 0 aliphatic carbocycles. The number of aryl methyl sites for hydroxylation is 3. The van der Waals surface area contributed by atoms with Gasteiger partial charge >= 0.3 is 158 Å². The van der Waals surface area contributed by atoms with Crippen LogP contribution in [0.4, 0.5) is 0 Å². The van der Waals surface area contributed by atoms with E-state index in [9.17, 15) is 0 Å². The van der Waals surface area contributed by atoms with Gasteiger partial charge in [0.1, 0.15) is 0 Å². The minimum absolute atomic E-state index is 1.11. The van der Waals surface area contributed by atoms with Gasteiger partial charge in [-0.15, -0.1) is 0 Å². The van der Waals surface area contributed by atoms with Crippen molar-refractivity contribution in [3.8, 4) is 0 Å². The van der Waals surface area contributed by atoms with Crippen molar-refractivity contribution in [2.75, 3.05) is 0 Å². The zero-order valence-electron chi connectivity index (χ0n) is 15.6. The summed E-state index contributed by atoms with van der Waals surface area (Å²) in [4.78, 5) is 0. The van der Waals surface area contributed by atoms with E-state index >= 15 is 0 Å². The predicted octanol–water partition coefficient (Wildman–Crippen LogP) is 3.89. The quantitative estimate of drug-likeness (QED) is 0.565. The van der Waals surface area contributed by atoms with Crippen molar-refractivity contribution >= 4 is 28.6 Å². The van der Waals surface area contributed by atoms with Crippen LogP contribution in [0.15, 0.2) is 72.8 Å². The number of hydrogen-bond donors (Lipinski definition) is 0. The molecule has 0 amide bonds. The van der Waals surface area contributed by atoms with Crippen molar-refractivity contribution in [1.82, 2.24) is 0 Å². The van der Waals surface area contributed by atoms with Gasteiger partial charge < -0.3 is 0 Å². The maximum absolute atomic E-state index is 2.38. The Labute approximate surface area is 158 Å². The molecule has 0 radical (unpaired) electrons. The molecule has 0 saturated heterocycles. The minimum atomic E-state index is -2.00. The van der Waals surface area contributed by atoms with Gasteiger partial charge in [-0.25, -0.2) is 0 Å². The van der Waals surface area contributed by atoms with E-state index in [4.69, 9.17) is 0 Å². The van der Waals surface area contributed by atoms with E-state index in [-0.39, 0.29) is 0 Å². The fourth-order valence-corrected chi connectivity index (χ4v) is 9.47. The second kappa shape index (κ2) is 8.60. The van der Waals surface area contributed by atoms with Gasteiger partial charge in [0, 0.05) is 0 Å². The molecule has 0 aliphatic heterocycles. The molecular formula is C24H27Ga. The molecule has 0 N–H and O–H groups in total. The topological polar surface area (TPSA) is 0 Å². The summed E-state index contributed by atoms with van der Waals surface area (Å²) in [5, 5.41) is 0. The number of rotatable bonds is 6. The average molecular weight is 385 g/mol. The first kappa shape index (κ1) is 18.1. The van der Waals surface area contributed by atoms with E-state index in [1.54, 1.807) is 12.4 Å². The van der Waals surface area contributed by atoms with E-state index in [1.807, 2.05) is 0 Å². The predicted molar refractivity (Wildman–Crippen MR) is 112 cm³/mol. The summed E-state index contributed by atoms with van der Waals surface area (Å²) in [7, 11) is 0. The summed E-state index contributed by atoms with van der Waals surface area (Å²) in [5.41, 5.74) is 4.27. The Bertz CT molecular complexity index is 670. The van der Waals surface area contributed by atoms with Gasteiger partial charge in [-0.3, -0.25) is 0 Å². The van der Waals surface area contributed by atoms with Gasteiger partial charge in [-0.1, -0.05) is 0 Å². The van der Waals surface area contributed by atoms with Crippen LogP contribution < -0.4 is 12.4 Å². The molecule has 0 aliphatic rings. The van der Waals surface area contributed by atoms with Crippen molar-refractivity contribution in [3.05, 3.63) is 89.5 Å². The zero-order chi connectivity index (χ0) is 17.6. The number of benzene rings is 3. The monoisotopic (exact) mass is 384 g/mol. The van der Waals surface area contributed by atoms with Crippen LogP contribution in [0, 0.1) is 0 Å². The van der Waals surface area contributed by atoms with Gasteiger partial charge in [0.15, 0.2) is 0 Å². The van der Waals surface area contributed by atoms with Gasteiger partial charge in [0.25, 0.3) is 0 Å². The molecule has 126 valence electrons. The molecule has 0 atom stereocenters. The molecule has 0 fully saturated rings. The van der Waals surface area contributed by atoms with Crippen molar-refractivity contribution in [2.45, 2.75) is 40.0 Å². The van der Waals surface area contributed by atoms with Crippen molar-refractivity contribution < 1.29 is 0 Å². The van der Waals surface area contributed by atoms with Crippen LogP contribution in [-0.4, -0.2) is 16.2 Å². The van der Waals surface area contributed by atoms with Gasteiger partial charge in [0.2, 0.25) is 0 Å². The van der Waals surface area contributed by atoms with Crippen LogP contribution in [0.1, 0.15) is 37.5 Å². The molecule has 1 heteroatoms. The normalized spacial score (nSPS) is 10.7.